The van der Waals surface area contributed by atoms with Gasteiger partial charge in [0.2, 0.25) is 0 Å². The van der Waals surface area contributed by atoms with Gasteiger partial charge in [-0.1, -0.05) is 133 Å². The molecular formula is C42H29N3Si. The Labute approximate surface area is 270 Å². The highest BCUT2D eigenvalue weighted by atomic mass is 28.3. The molecule has 1 aliphatic heterocycles. The molecule has 7 aromatic rings. The van der Waals surface area contributed by atoms with E-state index in [-0.39, 0.29) is 0 Å². The third-order valence-corrected chi connectivity index (χ3v) is 13.9. The Bertz CT molecular complexity index is 2150. The summed E-state index contributed by atoms with van der Waals surface area (Å²) in [7, 11) is -2.66. The zero-order valence-electron chi connectivity index (χ0n) is 25.1. The number of anilines is 3. The van der Waals surface area contributed by atoms with E-state index < -0.39 is 8.07 Å². The highest BCUT2D eigenvalue weighted by Crippen LogP contribution is 2.40. The largest absolute Gasteiger partial charge is 0.311 e. The first-order chi connectivity index (χ1) is 22.8. The Morgan fingerprint density at radius 2 is 1.02 bits per heavy atom. The molecule has 0 N–H and O–H groups in total. The average Bonchev–Trinajstić information content (AvgIpc) is 3.14. The van der Waals surface area contributed by atoms with Crippen molar-refractivity contribution in [2.45, 2.75) is 0 Å². The molecule has 1 aromatic heterocycles. The van der Waals surface area contributed by atoms with Crippen LogP contribution in [0.4, 0.5) is 17.1 Å². The first kappa shape index (κ1) is 27.5. The van der Waals surface area contributed by atoms with Crippen LogP contribution in [-0.4, -0.2) is 13.1 Å². The number of hydrogen-bond donors (Lipinski definition) is 0. The summed E-state index contributed by atoms with van der Waals surface area (Å²) >= 11 is 0. The highest BCUT2D eigenvalue weighted by Gasteiger charge is 2.48. The van der Waals surface area contributed by atoms with E-state index in [9.17, 15) is 5.26 Å². The minimum atomic E-state index is -2.66. The zero-order chi connectivity index (χ0) is 30.9. The lowest BCUT2D eigenvalue weighted by atomic mass is 9.94. The second kappa shape index (κ2) is 11.5. The Morgan fingerprint density at radius 1 is 0.500 bits per heavy atom. The van der Waals surface area contributed by atoms with E-state index >= 15 is 0 Å². The predicted octanol–water partition coefficient (Wildman–Crippen LogP) is 7.45. The van der Waals surface area contributed by atoms with E-state index in [0.717, 1.165) is 27.9 Å². The Balaban J connectivity index is 1.36. The number of pyridine rings is 1. The third kappa shape index (κ3) is 4.37. The Kier molecular flexibility index (Phi) is 6.87. The number of nitrogens with zero attached hydrogens (tertiary/aromatic N) is 3. The van der Waals surface area contributed by atoms with Crippen LogP contribution in [-0.2, 0) is 0 Å². The van der Waals surface area contributed by atoms with Crippen LogP contribution in [0.2, 0.25) is 0 Å². The van der Waals surface area contributed by atoms with Crippen LogP contribution < -0.4 is 25.6 Å². The Hall–Kier alpha value is -6.02. The number of nitriles is 1. The van der Waals surface area contributed by atoms with E-state index in [1.807, 2.05) is 18.2 Å². The normalized spacial score (nSPS) is 12.9. The number of benzene rings is 6. The number of fused-ring (bicyclic) bond motifs is 2. The number of aromatic nitrogens is 1. The minimum Gasteiger partial charge on any atom is -0.311 e. The van der Waals surface area contributed by atoms with Crippen molar-refractivity contribution in [2.75, 3.05) is 4.90 Å². The van der Waals surface area contributed by atoms with Gasteiger partial charge in [-0.25, -0.2) is 4.98 Å². The van der Waals surface area contributed by atoms with Gasteiger partial charge < -0.3 is 4.90 Å². The monoisotopic (exact) mass is 603 g/mol. The topological polar surface area (TPSA) is 39.9 Å². The molecule has 0 radical (unpaired) electrons. The molecule has 0 saturated heterocycles. The maximum absolute atomic E-state index is 9.50. The lowest BCUT2D eigenvalue weighted by Gasteiger charge is -2.45. The van der Waals surface area contributed by atoms with Crippen LogP contribution in [0.25, 0.3) is 22.3 Å². The van der Waals surface area contributed by atoms with Crippen molar-refractivity contribution in [3.63, 3.8) is 0 Å². The fraction of sp³-hybridized carbons (Fsp3) is 0. The molecule has 0 bridgehead atoms. The molecule has 2 heterocycles. The molecule has 0 aliphatic carbocycles. The van der Waals surface area contributed by atoms with Gasteiger partial charge in [-0.2, -0.15) is 5.26 Å². The summed E-state index contributed by atoms with van der Waals surface area (Å²) in [6.45, 7) is 0. The third-order valence-electron chi connectivity index (χ3n) is 9.04. The molecule has 8 rings (SSSR count). The molecule has 0 amide bonds. The fourth-order valence-electron chi connectivity index (χ4n) is 7.15. The summed E-state index contributed by atoms with van der Waals surface area (Å²) in [5.41, 5.74) is 8.18. The molecule has 4 heteroatoms. The molecule has 6 aromatic carbocycles. The zero-order valence-corrected chi connectivity index (χ0v) is 26.1. The summed E-state index contributed by atoms with van der Waals surface area (Å²) < 4.78 is 0. The van der Waals surface area contributed by atoms with Crippen molar-refractivity contribution in [2.24, 2.45) is 0 Å². The lowest BCUT2D eigenvalue weighted by molar-refractivity contribution is 1.26. The minimum absolute atomic E-state index is 0.409. The van der Waals surface area contributed by atoms with Gasteiger partial charge in [-0.15, -0.1) is 0 Å². The highest BCUT2D eigenvalue weighted by molar-refractivity contribution is 7.21. The van der Waals surface area contributed by atoms with Gasteiger partial charge in [0.05, 0.1) is 0 Å². The van der Waals surface area contributed by atoms with Gasteiger partial charge >= 0.3 is 0 Å². The molecule has 46 heavy (non-hydrogen) atoms. The Morgan fingerprint density at radius 3 is 1.61 bits per heavy atom. The van der Waals surface area contributed by atoms with Crippen LogP contribution in [0.3, 0.4) is 0 Å². The van der Waals surface area contributed by atoms with Crippen LogP contribution in [0.15, 0.2) is 176 Å². The van der Waals surface area contributed by atoms with Gasteiger partial charge in [-0.05, 0) is 79.4 Å². The molecule has 3 nitrogen and oxygen atoms in total. The van der Waals surface area contributed by atoms with Crippen molar-refractivity contribution < 1.29 is 0 Å². The van der Waals surface area contributed by atoms with Crippen molar-refractivity contribution in [1.29, 1.82) is 5.26 Å². The van der Waals surface area contributed by atoms with Gasteiger partial charge in [0.15, 0.2) is 8.07 Å². The summed E-state index contributed by atoms with van der Waals surface area (Å²) in [5, 5.41) is 15.0. The van der Waals surface area contributed by atoms with E-state index in [1.165, 1.54) is 32.1 Å². The van der Waals surface area contributed by atoms with E-state index in [0.29, 0.717) is 5.69 Å². The predicted molar refractivity (Wildman–Crippen MR) is 192 cm³/mol. The standard InChI is InChI=1S/C42H29N3Si/c43-30-33-28-32(26-27-44-33)38-21-8-7-20-37(38)31-14-13-15-34(29-31)45-39-22-9-11-24-41(39)46(35-16-3-1-4-17-35,36-18-5-2-6-19-36)42-25-12-10-23-40(42)45/h1-29H. The molecular weight excluding hydrogens is 575 g/mol. The van der Waals surface area contributed by atoms with E-state index in [2.05, 4.69) is 168 Å². The van der Waals surface area contributed by atoms with E-state index in [1.54, 1.807) is 6.20 Å². The van der Waals surface area contributed by atoms with Crippen molar-refractivity contribution in [1.82, 2.24) is 4.98 Å². The van der Waals surface area contributed by atoms with Crippen molar-refractivity contribution in [3.05, 3.63) is 182 Å². The second-order valence-corrected chi connectivity index (χ2v) is 15.2. The van der Waals surface area contributed by atoms with Crippen LogP contribution in [0, 0.1) is 11.3 Å². The fourth-order valence-corrected chi connectivity index (χ4v) is 12.3. The average molecular weight is 604 g/mol. The molecule has 0 unspecified atom stereocenters. The quantitative estimate of drug-likeness (QED) is 0.192. The van der Waals surface area contributed by atoms with Crippen LogP contribution in [0.1, 0.15) is 5.69 Å². The van der Waals surface area contributed by atoms with Gasteiger partial charge in [0.25, 0.3) is 0 Å². The van der Waals surface area contributed by atoms with Gasteiger partial charge in [0.1, 0.15) is 11.8 Å². The molecule has 0 saturated carbocycles. The molecule has 0 spiro atoms. The molecule has 216 valence electrons. The summed E-state index contributed by atoms with van der Waals surface area (Å²) in [4.78, 5) is 6.63. The van der Waals surface area contributed by atoms with Gasteiger partial charge in [-0.3, -0.25) is 0 Å². The first-order valence-corrected chi connectivity index (χ1v) is 17.5. The smallest absolute Gasteiger partial charge is 0.184 e. The lowest BCUT2D eigenvalue weighted by Crippen LogP contribution is -2.77. The summed E-state index contributed by atoms with van der Waals surface area (Å²) in [6.07, 6.45) is 1.71. The molecule has 1 aliphatic rings. The molecule has 0 atom stereocenters. The van der Waals surface area contributed by atoms with Crippen LogP contribution >= 0.6 is 0 Å². The molecule has 0 fully saturated rings. The van der Waals surface area contributed by atoms with Gasteiger partial charge in [0, 0.05) is 23.3 Å². The van der Waals surface area contributed by atoms with Crippen molar-refractivity contribution >= 4 is 45.9 Å². The first-order valence-electron chi connectivity index (χ1n) is 15.5. The van der Waals surface area contributed by atoms with Crippen molar-refractivity contribution in [3.8, 4) is 28.3 Å². The number of para-hydroxylation sites is 2. The maximum Gasteiger partial charge on any atom is 0.184 e. The second-order valence-electron chi connectivity index (χ2n) is 11.5. The number of rotatable bonds is 5. The maximum atomic E-state index is 9.50. The summed E-state index contributed by atoms with van der Waals surface area (Å²) in [6, 6.07) is 63.3. The van der Waals surface area contributed by atoms with E-state index in [4.69, 9.17) is 0 Å². The van der Waals surface area contributed by atoms with Crippen LogP contribution in [0.5, 0.6) is 0 Å². The summed E-state index contributed by atoms with van der Waals surface area (Å²) in [5.74, 6) is 0. The SMILES string of the molecule is N#Cc1cc(-c2ccccc2-c2cccc(N3c4ccccc4[Si](c4ccccc4)(c4ccccc4)c4ccccc43)c2)ccn1. The number of hydrogen-bond acceptors (Lipinski definition) is 3.